The monoisotopic (exact) mass is 677 g/mol. The van der Waals surface area contributed by atoms with E-state index in [4.69, 9.17) is 25.8 Å². The van der Waals surface area contributed by atoms with Crippen LogP contribution in [0.2, 0.25) is 5.02 Å². The van der Waals surface area contributed by atoms with Crippen LogP contribution in [0.15, 0.2) is 59.5 Å². The zero-order chi connectivity index (χ0) is 28.1. The molecule has 0 N–H and O–H groups in total. The maximum Gasteiger partial charge on any atom is 0.345 e. The lowest BCUT2D eigenvalue weighted by molar-refractivity contribution is -0.123. The van der Waals surface area contributed by atoms with Crippen molar-refractivity contribution in [2.24, 2.45) is 0 Å². The molecule has 0 bridgehead atoms. The number of esters is 1. The average molecular weight is 678 g/mol. The average Bonchev–Trinajstić information content (AvgIpc) is 3.15. The normalized spacial score (nSPS) is 14.2. The molecule has 0 unspecified atom stereocenters. The first-order valence-electron chi connectivity index (χ1n) is 12.1. The molecule has 0 aliphatic carbocycles. The molecule has 10 heteroatoms. The van der Waals surface area contributed by atoms with Crippen molar-refractivity contribution in [1.82, 2.24) is 4.90 Å². The second kappa shape index (κ2) is 12.9. The zero-order valence-electron chi connectivity index (χ0n) is 21.5. The van der Waals surface area contributed by atoms with Crippen molar-refractivity contribution < 1.29 is 28.6 Å². The molecule has 2 amide bonds. The third-order valence-corrected chi connectivity index (χ3v) is 7.75. The van der Waals surface area contributed by atoms with Crippen LogP contribution in [-0.4, -0.2) is 41.8 Å². The SMILES string of the molecule is CCOc1cc(/C=C2\SC(=O)N(CCOc3cc(C)ccc3C)C2=O)cc(I)c1OC(=O)c1ccccc1Cl. The van der Waals surface area contributed by atoms with E-state index in [9.17, 15) is 14.4 Å². The number of benzene rings is 3. The Morgan fingerprint density at radius 3 is 2.56 bits per heavy atom. The maximum atomic E-state index is 13.0. The molecule has 7 nitrogen and oxygen atoms in total. The molecular formula is C29H25ClINO6S. The molecule has 4 rings (SSSR count). The summed E-state index contributed by atoms with van der Waals surface area (Å²) in [5, 5.41) is -0.0805. The molecule has 39 heavy (non-hydrogen) atoms. The van der Waals surface area contributed by atoms with Crippen LogP contribution in [0.3, 0.4) is 0 Å². The highest BCUT2D eigenvalue weighted by atomic mass is 127. The quantitative estimate of drug-likeness (QED) is 0.102. The van der Waals surface area contributed by atoms with Gasteiger partial charge in [0, 0.05) is 0 Å². The first-order chi connectivity index (χ1) is 18.7. The van der Waals surface area contributed by atoms with Gasteiger partial charge in [0.15, 0.2) is 11.5 Å². The number of thioether (sulfide) groups is 1. The zero-order valence-corrected chi connectivity index (χ0v) is 25.2. The molecule has 1 heterocycles. The van der Waals surface area contributed by atoms with Crippen molar-refractivity contribution in [3.05, 3.63) is 90.3 Å². The number of aryl methyl sites for hydroxylation is 2. The molecule has 0 saturated carbocycles. The molecule has 1 aliphatic heterocycles. The highest BCUT2D eigenvalue weighted by Crippen LogP contribution is 2.38. The van der Waals surface area contributed by atoms with Crippen LogP contribution in [-0.2, 0) is 4.79 Å². The molecule has 3 aromatic carbocycles. The van der Waals surface area contributed by atoms with Crippen LogP contribution in [0, 0.1) is 17.4 Å². The van der Waals surface area contributed by atoms with Gasteiger partial charge in [-0.25, -0.2) is 4.79 Å². The lowest BCUT2D eigenvalue weighted by Crippen LogP contribution is -2.32. The summed E-state index contributed by atoms with van der Waals surface area (Å²) in [5.41, 5.74) is 2.90. The molecule has 0 aromatic heterocycles. The highest BCUT2D eigenvalue weighted by molar-refractivity contribution is 14.1. The Morgan fingerprint density at radius 2 is 1.82 bits per heavy atom. The van der Waals surface area contributed by atoms with Crippen molar-refractivity contribution in [2.75, 3.05) is 19.8 Å². The number of ether oxygens (including phenoxy) is 3. The lowest BCUT2D eigenvalue weighted by atomic mass is 10.1. The van der Waals surface area contributed by atoms with E-state index in [0.29, 0.717) is 21.5 Å². The van der Waals surface area contributed by atoms with Crippen LogP contribution < -0.4 is 14.2 Å². The van der Waals surface area contributed by atoms with Crippen molar-refractivity contribution in [3.8, 4) is 17.2 Å². The Bertz CT molecular complexity index is 1470. The first kappa shape index (κ1) is 29.0. The summed E-state index contributed by atoms with van der Waals surface area (Å²) in [6.45, 7) is 6.37. The second-order valence-corrected chi connectivity index (χ2v) is 11.1. The number of hydrogen-bond acceptors (Lipinski definition) is 7. The highest BCUT2D eigenvalue weighted by Gasteiger charge is 2.35. The fourth-order valence-electron chi connectivity index (χ4n) is 3.76. The molecule has 1 saturated heterocycles. The van der Waals surface area contributed by atoms with Gasteiger partial charge in [-0.15, -0.1) is 0 Å². The van der Waals surface area contributed by atoms with Gasteiger partial charge < -0.3 is 14.2 Å². The Balaban J connectivity index is 1.50. The van der Waals surface area contributed by atoms with E-state index in [1.165, 1.54) is 4.90 Å². The van der Waals surface area contributed by atoms with Gasteiger partial charge in [0.05, 0.1) is 32.2 Å². The Kier molecular flexibility index (Phi) is 9.58. The number of carbonyl (C=O) groups excluding carboxylic acids is 3. The second-order valence-electron chi connectivity index (χ2n) is 8.58. The summed E-state index contributed by atoms with van der Waals surface area (Å²) in [4.78, 5) is 39.8. The van der Waals surface area contributed by atoms with Gasteiger partial charge in [0.25, 0.3) is 11.1 Å². The maximum absolute atomic E-state index is 13.0. The van der Waals surface area contributed by atoms with Gasteiger partial charge in [0.1, 0.15) is 12.4 Å². The minimum atomic E-state index is -0.614. The Hall–Kier alpha value is -3.02. The number of amides is 2. The summed E-state index contributed by atoms with van der Waals surface area (Å²) < 4.78 is 17.8. The Labute approximate surface area is 249 Å². The lowest BCUT2D eigenvalue weighted by Gasteiger charge is -2.15. The van der Waals surface area contributed by atoms with E-state index in [-0.39, 0.29) is 39.6 Å². The molecule has 0 radical (unpaired) electrons. The van der Waals surface area contributed by atoms with E-state index in [2.05, 4.69) is 0 Å². The molecular weight excluding hydrogens is 653 g/mol. The standard InChI is InChI=1S/C29H25ClINO6S/c1-4-36-24-15-19(14-22(31)26(24)38-28(34)20-7-5-6-8-21(20)30)16-25-27(33)32(29(35)39-25)11-12-37-23-13-17(2)9-10-18(23)3/h5-10,13-16H,4,11-12H2,1-3H3/b25-16-. The molecule has 0 spiro atoms. The minimum absolute atomic E-state index is 0.133. The number of carbonyl (C=O) groups is 3. The predicted octanol–water partition coefficient (Wildman–Crippen LogP) is 7.29. The molecule has 1 aliphatic rings. The van der Waals surface area contributed by atoms with E-state index >= 15 is 0 Å². The smallest absolute Gasteiger partial charge is 0.345 e. The molecule has 0 atom stereocenters. The number of halogens is 2. The molecule has 1 fully saturated rings. The van der Waals surface area contributed by atoms with E-state index in [1.807, 2.05) is 61.6 Å². The fourth-order valence-corrected chi connectivity index (χ4v) is 5.57. The van der Waals surface area contributed by atoms with Crippen molar-refractivity contribution in [1.29, 1.82) is 0 Å². The summed E-state index contributed by atoms with van der Waals surface area (Å²) in [7, 11) is 0. The summed E-state index contributed by atoms with van der Waals surface area (Å²) in [5.74, 6) is 0.299. The van der Waals surface area contributed by atoms with E-state index in [1.54, 1.807) is 42.5 Å². The van der Waals surface area contributed by atoms with Crippen LogP contribution in [0.25, 0.3) is 6.08 Å². The largest absolute Gasteiger partial charge is 0.491 e. The number of rotatable bonds is 9. The van der Waals surface area contributed by atoms with Gasteiger partial charge >= 0.3 is 5.97 Å². The van der Waals surface area contributed by atoms with Gasteiger partial charge in [-0.3, -0.25) is 14.5 Å². The third kappa shape index (κ3) is 6.95. The topological polar surface area (TPSA) is 82.1 Å². The van der Waals surface area contributed by atoms with Crippen molar-refractivity contribution in [2.45, 2.75) is 20.8 Å². The minimum Gasteiger partial charge on any atom is -0.491 e. The van der Waals surface area contributed by atoms with E-state index < -0.39 is 11.9 Å². The van der Waals surface area contributed by atoms with Crippen LogP contribution in [0.1, 0.15) is 34.0 Å². The fraction of sp³-hybridized carbons (Fsp3) is 0.207. The number of imide groups is 1. The van der Waals surface area contributed by atoms with Gasteiger partial charge in [-0.1, -0.05) is 35.9 Å². The van der Waals surface area contributed by atoms with E-state index in [0.717, 1.165) is 28.6 Å². The summed E-state index contributed by atoms with van der Waals surface area (Å²) >= 11 is 9.05. The first-order valence-corrected chi connectivity index (χ1v) is 14.3. The van der Waals surface area contributed by atoms with Crippen LogP contribution in [0.4, 0.5) is 4.79 Å². The van der Waals surface area contributed by atoms with Gasteiger partial charge in [0.2, 0.25) is 0 Å². The summed E-state index contributed by atoms with van der Waals surface area (Å²) in [6.07, 6.45) is 1.63. The van der Waals surface area contributed by atoms with Crippen molar-refractivity contribution in [3.63, 3.8) is 0 Å². The number of nitrogens with zero attached hydrogens (tertiary/aromatic N) is 1. The van der Waals surface area contributed by atoms with Gasteiger partial charge in [-0.2, -0.15) is 0 Å². The van der Waals surface area contributed by atoms with Gasteiger partial charge in [-0.05, 0) is 108 Å². The van der Waals surface area contributed by atoms with Crippen molar-refractivity contribution >= 4 is 69.1 Å². The molecule has 3 aromatic rings. The third-order valence-electron chi connectivity index (χ3n) is 5.71. The Morgan fingerprint density at radius 1 is 1.05 bits per heavy atom. The molecule has 202 valence electrons. The number of hydrogen-bond donors (Lipinski definition) is 0. The predicted molar refractivity (Wildman–Crippen MR) is 161 cm³/mol. The van der Waals surface area contributed by atoms with Crippen LogP contribution in [0.5, 0.6) is 17.2 Å². The van der Waals surface area contributed by atoms with Crippen LogP contribution >= 0.6 is 46.0 Å². The summed E-state index contributed by atoms with van der Waals surface area (Å²) in [6, 6.07) is 15.9.